The van der Waals surface area contributed by atoms with E-state index in [9.17, 15) is 9.59 Å². The molecule has 1 aliphatic heterocycles. The second-order valence-electron chi connectivity index (χ2n) is 9.37. The topological polar surface area (TPSA) is 108 Å². The lowest BCUT2D eigenvalue weighted by molar-refractivity contribution is 0.0952. The molecule has 0 spiro atoms. The van der Waals surface area contributed by atoms with Gasteiger partial charge in [-0.2, -0.15) is 5.26 Å². The number of hydrogen-bond donors (Lipinski definition) is 2. The number of hydrogen-bond acceptors (Lipinski definition) is 5. The average molecular weight is 517 g/mol. The van der Waals surface area contributed by atoms with E-state index in [0.29, 0.717) is 48.6 Å². The Bertz CT molecular complexity index is 1540. The summed E-state index contributed by atoms with van der Waals surface area (Å²) in [7, 11) is 0. The molecule has 0 atom stereocenters. The number of ether oxygens (including phenoxy) is 1. The van der Waals surface area contributed by atoms with Gasteiger partial charge < -0.3 is 20.7 Å². The van der Waals surface area contributed by atoms with Crippen LogP contribution in [-0.4, -0.2) is 31.5 Å². The number of primary amides is 1. The third-order valence-electron chi connectivity index (χ3n) is 6.82. The summed E-state index contributed by atoms with van der Waals surface area (Å²) in [5.41, 5.74) is 12.3. The third-order valence-corrected chi connectivity index (χ3v) is 6.82. The van der Waals surface area contributed by atoms with Gasteiger partial charge in [-0.05, 0) is 71.1 Å². The lowest BCUT2D eigenvalue weighted by Gasteiger charge is -2.32. The molecule has 3 N–H and O–H groups in total. The van der Waals surface area contributed by atoms with Gasteiger partial charge in [-0.15, -0.1) is 0 Å². The van der Waals surface area contributed by atoms with Gasteiger partial charge in [0.2, 0.25) is 5.91 Å². The zero-order valence-corrected chi connectivity index (χ0v) is 21.4. The smallest absolute Gasteiger partial charge is 0.251 e. The summed E-state index contributed by atoms with van der Waals surface area (Å²) >= 11 is 0. The van der Waals surface area contributed by atoms with Crippen LogP contribution in [0.25, 0.3) is 11.1 Å². The van der Waals surface area contributed by atoms with Crippen molar-refractivity contribution in [2.75, 3.05) is 24.6 Å². The van der Waals surface area contributed by atoms with Gasteiger partial charge in [-0.1, -0.05) is 48.5 Å². The lowest BCUT2D eigenvalue weighted by atomic mass is 9.98. The molecule has 0 saturated heterocycles. The molecule has 1 aliphatic rings. The Morgan fingerprint density at radius 2 is 1.69 bits per heavy atom. The highest BCUT2D eigenvalue weighted by Crippen LogP contribution is 2.35. The Morgan fingerprint density at radius 3 is 2.44 bits per heavy atom. The van der Waals surface area contributed by atoms with Crippen molar-refractivity contribution < 1.29 is 14.3 Å². The number of benzene rings is 4. The largest absolute Gasteiger partial charge is 0.490 e. The Kier molecular flexibility index (Phi) is 7.56. The number of fused-ring (bicyclic) bond motifs is 1. The fourth-order valence-electron chi connectivity index (χ4n) is 4.71. The molecule has 0 aromatic heterocycles. The van der Waals surface area contributed by atoms with Crippen molar-refractivity contribution >= 4 is 17.5 Å². The van der Waals surface area contributed by atoms with Crippen LogP contribution in [0.3, 0.4) is 0 Å². The number of nitrogens with two attached hydrogens (primary N) is 1. The van der Waals surface area contributed by atoms with Crippen LogP contribution in [0.5, 0.6) is 5.75 Å². The zero-order chi connectivity index (χ0) is 27.2. The molecule has 4 aromatic carbocycles. The summed E-state index contributed by atoms with van der Waals surface area (Å²) in [6.07, 6.45) is 0.678. The third kappa shape index (κ3) is 5.91. The molecule has 194 valence electrons. The van der Waals surface area contributed by atoms with Gasteiger partial charge in [0, 0.05) is 24.2 Å². The van der Waals surface area contributed by atoms with Gasteiger partial charge in [0.1, 0.15) is 12.4 Å². The minimum Gasteiger partial charge on any atom is -0.490 e. The van der Waals surface area contributed by atoms with Gasteiger partial charge in [0.25, 0.3) is 5.91 Å². The van der Waals surface area contributed by atoms with E-state index >= 15 is 0 Å². The Balaban J connectivity index is 1.27. The number of nitrogens with one attached hydrogen (secondary N) is 1. The van der Waals surface area contributed by atoms with E-state index in [1.165, 1.54) is 0 Å². The van der Waals surface area contributed by atoms with E-state index in [4.69, 9.17) is 15.7 Å². The van der Waals surface area contributed by atoms with Crippen LogP contribution in [0.1, 0.15) is 37.4 Å². The SMILES string of the molecule is N#Cc1ccc(CCNC(=O)c2ccc3c(c2)OCCN3Cc2ccccc2-c2ccc(C(N)=O)cc2)cc1. The van der Waals surface area contributed by atoms with Gasteiger partial charge in [0.05, 0.1) is 23.9 Å². The number of nitrogens with zero attached hydrogens (tertiary/aromatic N) is 2. The summed E-state index contributed by atoms with van der Waals surface area (Å²) in [4.78, 5) is 26.5. The molecular formula is C32H28N4O3. The first-order chi connectivity index (χ1) is 19.0. The number of carbonyl (C=O) groups is 2. The minimum atomic E-state index is -0.445. The van der Waals surface area contributed by atoms with Crippen molar-refractivity contribution in [3.63, 3.8) is 0 Å². The minimum absolute atomic E-state index is 0.156. The number of nitriles is 1. The standard InChI is InChI=1S/C32H28N4O3/c33-20-23-7-5-22(6-8-23)15-16-35-32(38)26-13-14-29-30(19-26)39-18-17-36(29)21-27-3-1-2-4-28(27)24-9-11-25(12-10-24)31(34)37/h1-14,19H,15-18,21H2,(H2,34,37)(H,35,38). The van der Waals surface area contributed by atoms with Gasteiger partial charge in [0.15, 0.2) is 0 Å². The zero-order valence-electron chi connectivity index (χ0n) is 21.4. The second-order valence-corrected chi connectivity index (χ2v) is 9.37. The number of rotatable bonds is 8. The van der Waals surface area contributed by atoms with Crippen molar-refractivity contribution in [2.24, 2.45) is 5.73 Å². The first-order valence-corrected chi connectivity index (χ1v) is 12.8. The van der Waals surface area contributed by atoms with Gasteiger partial charge in [-0.3, -0.25) is 9.59 Å². The first-order valence-electron chi connectivity index (χ1n) is 12.8. The maximum Gasteiger partial charge on any atom is 0.251 e. The molecule has 0 saturated carbocycles. The predicted molar refractivity (Wildman–Crippen MR) is 151 cm³/mol. The lowest BCUT2D eigenvalue weighted by Crippen LogP contribution is -2.33. The molecule has 7 heteroatoms. The molecule has 0 aliphatic carbocycles. The molecule has 0 radical (unpaired) electrons. The number of anilines is 1. The fourth-order valence-corrected chi connectivity index (χ4v) is 4.71. The van der Waals surface area contributed by atoms with Crippen LogP contribution >= 0.6 is 0 Å². The summed E-state index contributed by atoms with van der Waals surface area (Å²) in [5.74, 6) is 0.0836. The maximum absolute atomic E-state index is 12.8. The van der Waals surface area contributed by atoms with Crippen LogP contribution in [-0.2, 0) is 13.0 Å². The van der Waals surface area contributed by atoms with E-state index in [1.807, 2.05) is 48.5 Å². The Labute approximate surface area is 227 Å². The van der Waals surface area contributed by atoms with Gasteiger partial charge >= 0.3 is 0 Å². The normalized spacial score (nSPS) is 12.1. The van der Waals surface area contributed by atoms with Crippen LogP contribution < -0.4 is 20.7 Å². The number of amides is 2. The monoisotopic (exact) mass is 516 g/mol. The van der Waals surface area contributed by atoms with Crippen LogP contribution in [0.2, 0.25) is 0 Å². The molecule has 1 heterocycles. The Hall–Kier alpha value is -5.09. The molecule has 7 nitrogen and oxygen atoms in total. The molecule has 2 amide bonds. The predicted octanol–water partition coefficient (Wildman–Crippen LogP) is 4.70. The Morgan fingerprint density at radius 1 is 0.949 bits per heavy atom. The van der Waals surface area contributed by atoms with E-state index in [-0.39, 0.29) is 5.91 Å². The van der Waals surface area contributed by atoms with Crippen molar-refractivity contribution in [3.8, 4) is 22.9 Å². The van der Waals surface area contributed by atoms with Crippen LogP contribution in [0, 0.1) is 11.3 Å². The summed E-state index contributed by atoms with van der Waals surface area (Å²) in [6, 6.07) is 30.5. The van der Waals surface area contributed by atoms with Gasteiger partial charge in [-0.25, -0.2) is 0 Å². The highest BCUT2D eigenvalue weighted by molar-refractivity contribution is 5.95. The van der Waals surface area contributed by atoms with Crippen molar-refractivity contribution in [2.45, 2.75) is 13.0 Å². The average Bonchev–Trinajstić information content (AvgIpc) is 2.97. The van der Waals surface area contributed by atoms with E-state index < -0.39 is 5.91 Å². The summed E-state index contributed by atoms with van der Waals surface area (Å²) < 4.78 is 5.94. The molecule has 0 fully saturated rings. The summed E-state index contributed by atoms with van der Waals surface area (Å²) in [5, 5.41) is 11.9. The second kappa shape index (κ2) is 11.5. The molecule has 0 bridgehead atoms. The molecule has 39 heavy (non-hydrogen) atoms. The molecular weight excluding hydrogens is 488 g/mol. The van der Waals surface area contributed by atoms with E-state index in [0.717, 1.165) is 34.5 Å². The fraction of sp³-hybridized carbons (Fsp3) is 0.156. The molecule has 5 rings (SSSR count). The first kappa shape index (κ1) is 25.6. The number of carbonyl (C=O) groups excluding carboxylic acids is 2. The summed E-state index contributed by atoms with van der Waals surface area (Å²) in [6.45, 7) is 2.40. The quantitative estimate of drug-likeness (QED) is 0.353. The van der Waals surface area contributed by atoms with E-state index in [2.05, 4.69) is 28.4 Å². The van der Waals surface area contributed by atoms with Crippen LogP contribution in [0.15, 0.2) is 91.0 Å². The highest BCUT2D eigenvalue weighted by atomic mass is 16.5. The maximum atomic E-state index is 12.8. The van der Waals surface area contributed by atoms with Crippen molar-refractivity contribution in [1.82, 2.24) is 5.32 Å². The van der Waals surface area contributed by atoms with Crippen molar-refractivity contribution in [1.29, 1.82) is 5.26 Å². The van der Waals surface area contributed by atoms with E-state index in [1.54, 1.807) is 30.3 Å². The van der Waals surface area contributed by atoms with Crippen molar-refractivity contribution in [3.05, 3.63) is 119 Å². The van der Waals surface area contributed by atoms with Crippen LogP contribution in [0.4, 0.5) is 5.69 Å². The molecule has 0 unspecified atom stereocenters. The molecule has 4 aromatic rings. The highest BCUT2D eigenvalue weighted by Gasteiger charge is 2.21.